The van der Waals surface area contributed by atoms with Crippen molar-refractivity contribution >= 4 is 17.8 Å². The molecule has 23 heavy (non-hydrogen) atoms. The Morgan fingerprint density at radius 1 is 1.22 bits per heavy atom. The number of likely N-dealkylation sites (N-methyl/N-ethyl adjacent to an activating group) is 1. The molecule has 1 aromatic rings. The van der Waals surface area contributed by atoms with Gasteiger partial charge in [0.05, 0.1) is 12.1 Å². The van der Waals surface area contributed by atoms with E-state index in [-0.39, 0.29) is 30.1 Å². The van der Waals surface area contributed by atoms with Crippen molar-refractivity contribution in [2.75, 3.05) is 13.1 Å². The highest BCUT2D eigenvalue weighted by Crippen LogP contribution is 2.25. The average molecular weight is 320 g/mol. The van der Waals surface area contributed by atoms with E-state index in [1.165, 1.54) is 18.2 Å². The van der Waals surface area contributed by atoms with Crippen molar-refractivity contribution in [2.45, 2.75) is 31.8 Å². The van der Waals surface area contributed by atoms with Gasteiger partial charge in [-0.2, -0.15) is 0 Å². The topological polar surface area (TPSA) is 107 Å². The third kappa shape index (κ3) is 4.29. The van der Waals surface area contributed by atoms with Crippen LogP contribution in [0, 0.1) is 0 Å². The summed E-state index contributed by atoms with van der Waals surface area (Å²) in [5, 5.41) is 20.7. The third-order valence-corrected chi connectivity index (χ3v) is 4.08. The summed E-state index contributed by atoms with van der Waals surface area (Å²) < 4.78 is 0. The maximum Gasteiger partial charge on any atom is 0.335 e. The molecule has 0 aliphatic heterocycles. The Labute approximate surface area is 133 Å². The molecule has 0 atom stereocenters. The van der Waals surface area contributed by atoms with Crippen LogP contribution in [-0.2, 0) is 4.79 Å². The van der Waals surface area contributed by atoms with E-state index in [9.17, 15) is 14.4 Å². The zero-order valence-corrected chi connectivity index (χ0v) is 12.9. The van der Waals surface area contributed by atoms with Crippen LogP contribution >= 0.6 is 0 Å². The third-order valence-electron chi connectivity index (χ3n) is 4.08. The number of nitrogens with zero attached hydrogens (tertiary/aromatic N) is 1. The van der Waals surface area contributed by atoms with Crippen LogP contribution in [0.1, 0.15) is 40.5 Å². The van der Waals surface area contributed by atoms with E-state index in [0.717, 1.165) is 0 Å². The van der Waals surface area contributed by atoms with Crippen LogP contribution in [-0.4, -0.2) is 58.1 Å². The quantitative estimate of drug-likeness (QED) is 0.693. The van der Waals surface area contributed by atoms with Gasteiger partial charge in [0.1, 0.15) is 0 Å². The molecule has 3 N–H and O–H groups in total. The van der Waals surface area contributed by atoms with E-state index in [1.54, 1.807) is 6.07 Å². The molecule has 1 aliphatic rings. The lowest BCUT2D eigenvalue weighted by Gasteiger charge is -2.42. The molecule has 7 heteroatoms. The van der Waals surface area contributed by atoms with E-state index < -0.39 is 11.9 Å². The summed E-state index contributed by atoms with van der Waals surface area (Å²) in [7, 11) is 0. The van der Waals surface area contributed by atoms with Crippen LogP contribution in [0.25, 0.3) is 0 Å². The second-order valence-corrected chi connectivity index (χ2v) is 5.64. The van der Waals surface area contributed by atoms with Gasteiger partial charge in [0.2, 0.25) is 0 Å². The Hall–Kier alpha value is -2.41. The molecule has 0 unspecified atom stereocenters. The van der Waals surface area contributed by atoms with Gasteiger partial charge in [0, 0.05) is 17.6 Å². The fraction of sp³-hybridized carbons (Fsp3) is 0.438. The minimum atomic E-state index is -1.07. The number of hydrogen-bond acceptors (Lipinski definition) is 4. The summed E-state index contributed by atoms with van der Waals surface area (Å²) in [5.74, 6) is -2.24. The first-order valence-corrected chi connectivity index (χ1v) is 7.50. The summed E-state index contributed by atoms with van der Waals surface area (Å²) in [6, 6.07) is 6.03. The number of carbonyl (C=O) groups excluding carboxylic acids is 1. The van der Waals surface area contributed by atoms with Crippen LogP contribution in [0.15, 0.2) is 24.3 Å². The van der Waals surface area contributed by atoms with Gasteiger partial charge in [-0.05, 0) is 37.6 Å². The number of carboxylic acid groups (broad SMARTS) is 2. The van der Waals surface area contributed by atoms with E-state index in [4.69, 9.17) is 10.2 Å². The SMILES string of the molecule is CCN(CC(=O)O)C1CC(NC(=O)c2cccc(C(=O)O)c2)C1. The number of amides is 1. The Balaban J connectivity index is 1.87. The summed E-state index contributed by atoms with van der Waals surface area (Å²) in [5.41, 5.74) is 0.383. The standard InChI is InChI=1S/C16H20N2O5/c1-2-18(9-14(19)20)13-7-12(8-13)17-15(21)10-4-3-5-11(6-10)16(22)23/h3-6,12-13H,2,7-9H2,1H3,(H,17,21)(H,19,20)(H,22,23). The first-order chi connectivity index (χ1) is 10.9. The van der Waals surface area contributed by atoms with Gasteiger partial charge < -0.3 is 15.5 Å². The van der Waals surface area contributed by atoms with Gasteiger partial charge in [0.25, 0.3) is 5.91 Å². The fourth-order valence-corrected chi connectivity index (χ4v) is 2.74. The second kappa shape index (κ2) is 7.23. The number of benzene rings is 1. The molecule has 0 radical (unpaired) electrons. The molecule has 1 saturated carbocycles. The molecule has 1 aliphatic carbocycles. The van der Waals surface area contributed by atoms with E-state index in [1.807, 2.05) is 11.8 Å². The molecular weight excluding hydrogens is 300 g/mol. The van der Waals surface area contributed by atoms with Gasteiger partial charge >= 0.3 is 11.9 Å². The monoisotopic (exact) mass is 320 g/mol. The lowest BCUT2D eigenvalue weighted by molar-refractivity contribution is -0.139. The summed E-state index contributed by atoms with van der Waals surface area (Å²) in [4.78, 5) is 35.7. The summed E-state index contributed by atoms with van der Waals surface area (Å²) in [6.45, 7) is 2.56. The first-order valence-electron chi connectivity index (χ1n) is 7.50. The molecular formula is C16H20N2O5. The smallest absolute Gasteiger partial charge is 0.335 e. The molecule has 1 fully saturated rings. The van der Waals surface area contributed by atoms with Crippen molar-refractivity contribution in [1.29, 1.82) is 0 Å². The van der Waals surface area contributed by atoms with Crippen molar-refractivity contribution in [1.82, 2.24) is 10.2 Å². The van der Waals surface area contributed by atoms with Gasteiger partial charge in [-0.25, -0.2) is 4.79 Å². The fourth-order valence-electron chi connectivity index (χ4n) is 2.74. The van der Waals surface area contributed by atoms with Gasteiger partial charge in [-0.15, -0.1) is 0 Å². The minimum Gasteiger partial charge on any atom is -0.480 e. The van der Waals surface area contributed by atoms with Crippen molar-refractivity contribution in [3.63, 3.8) is 0 Å². The highest BCUT2D eigenvalue weighted by atomic mass is 16.4. The normalized spacial score (nSPS) is 19.9. The summed E-state index contributed by atoms with van der Waals surface area (Å²) >= 11 is 0. The zero-order chi connectivity index (χ0) is 17.0. The van der Waals surface area contributed by atoms with Crippen LogP contribution < -0.4 is 5.32 Å². The Morgan fingerprint density at radius 3 is 2.43 bits per heavy atom. The number of hydrogen-bond donors (Lipinski definition) is 3. The molecule has 2 rings (SSSR count). The molecule has 0 saturated heterocycles. The number of carbonyl (C=O) groups is 3. The first kappa shape index (κ1) is 17.0. The Morgan fingerprint density at radius 2 is 1.87 bits per heavy atom. The number of aliphatic carboxylic acids is 1. The van der Waals surface area contributed by atoms with Crippen molar-refractivity contribution < 1.29 is 24.6 Å². The van der Waals surface area contributed by atoms with Crippen molar-refractivity contribution in [3.8, 4) is 0 Å². The van der Waals surface area contributed by atoms with Gasteiger partial charge in [0.15, 0.2) is 0 Å². The molecule has 0 aromatic heterocycles. The van der Waals surface area contributed by atoms with E-state index >= 15 is 0 Å². The average Bonchev–Trinajstić information content (AvgIpc) is 2.48. The van der Waals surface area contributed by atoms with Gasteiger partial charge in [-0.1, -0.05) is 13.0 Å². The van der Waals surface area contributed by atoms with Crippen LogP contribution in [0.5, 0.6) is 0 Å². The Kier molecular flexibility index (Phi) is 5.33. The van der Waals surface area contributed by atoms with Gasteiger partial charge in [-0.3, -0.25) is 14.5 Å². The lowest BCUT2D eigenvalue weighted by Crippen LogP contribution is -2.54. The van der Waals surface area contributed by atoms with Crippen LogP contribution in [0.4, 0.5) is 0 Å². The van der Waals surface area contributed by atoms with Crippen molar-refractivity contribution in [3.05, 3.63) is 35.4 Å². The zero-order valence-electron chi connectivity index (χ0n) is 12.9. The molecule has 0 spiro atoms. The molecule has 7 nitrogen and oxygen atoms in total. The maximum absolute atomic E-state index is 12.1. The minimum absolute atomic E-state index is 0.00247. The predicted molar refractivity (Wildman–Crippen MR) is 82.6 cm³/mol. The molecule has 1 aromatic carbocycles. The molecule has 0 heterocycles. The number of rotatable bonds is 7. The molecule has 1 amide bonds. The van der Waals surface area contributed by atoms with E-state index in [0.29, 0.717) is 24.9 Å². The Bertz CT molecular complexity index is 610. The number of aromatic carboxylic acids is 1. The highest BCUT2D eigenvalue weighted by molar-refractivity contribution is 5.97. The second-order valence-electron chi connectivity index (χ2n) is 5.64. The van der Waals surface area contributed by atoms with Crippen LogP contribution in [0.3, 0.4) is 0 Å². The highest BCUT2D eigenvalue weighted by Gasteiger charge is 2.34. The van der Waals surface area contributed by atoms with Crippen LogP contribution in [0.2, 0.25) is 0 Å². The van der Waals surface area contributed by atoms with Crippen molar-refractivity contribution in [2.24, 2.45) is 0 Å². The maximum atomic E-state index is 12.1. The molecule has 0 bridgehead atoms. The predicted octanol–water partition coefficient (Wildman–Crippen LogP) is 1.05. The lowest BCUT2D eigenvalue weighted by atomic mass is 9.85. The number of nitrogens with one attached hydrogen (secondary N) is 1. The molecule has 124 valence electrons. The number of carboxylic acids is 2. The van der Waals surface area contributed by atoms with E-state index in [2.05, 4.69) is 5.32 Å². The largest absolute Gasteiger partial charge is 0.480 e. The summed E-state index contributed by atoms with van der Waals surface area (Å²) in [6.07, 6.45) is 1.40.